The number of likely N-dealkylation sites (N-methyl/N-ethyl adjacent to an activating group) is 1. The predicted octanol–water partition coefficient (Wildman–Crippen LogP) is 2.23. The molecular formula is C12H26N2. The zero-order valence-corrected chi connectivity index (χ0v) is 10.4. The van der Waals surface area contributed by atoms with Crippen LogP contribution in [0.15, 0.2) is 0 Å². The van der Waals surface area contributed by atoms with Gasteiger partial charge in [0.25, 0.3) is 0 Å². The van der Waals surface area contributed by atoms with E-state index in [4.69, 9.17) is 5.73 Å². The highest BCUT2D eigenvalue weighted by Crippen LogP contribution is 2.39. The predicted molar refractivity (Wildman–Crippen MR) is 62.3 cm³/mol. The van der Waals surface area contributed by atoms with Crippen molar-refractivity contribution in [2.45, 2.75) is 58.0 Å². The summed E-state index contributed by atoms with van der Waals surface area (Å²) in [6.45, 7) is 10.0. The zero-order chi connectivity index (χ0) is 11.0. The van der Waals surface area contributed by atoms with Gasteiger partial charge in [-0.2, -0.15) is 0 Å². The molecule has 0 saturated heterocycles. The molecule has 0 aromatic carbocycles. The minimum absolute atomic E-state index is 0.0151. The van der Waals surface area contributed by atoms with Gasteiger partial charge in [0, 0.05) is 17.6 Å². The van der Waals surface area contributed by atoms with E-state index in [-0.39, 0.29) is 11.1 Å². The van der Waals surface area contributed by atoms with Crippen molar-refractivity contribution in [3.8, 4) is 0 Å². The van der Waals surface area contributed by atoms with E-state index in [1.807, 2.05) is 0 Å². The van der Waals surface area contributed by atoms with E-state index in [0.717, 1.165) is 12.5 Å². The van der Waals surface area contributed by atoms with Gasteiger partial charge in [-0.05, 0) is 53.0 Å². The summed E-state index contributed by atoms with van der Waals surface area (Å²) in [4.78, 5) is 2.41. The van der Waals surface area contributed by atoms with E-state index < -0.39 is 0 Å². The van der Waals surface area contributed by atoms with E-state index in [1.165, 1.54) is 19.3 Å². The molecule has 0 aliphatic heterocycles. The standard InChI is InChI=1S/C12H26N2/c1-6-11(2,3)14(5)9-12(4,13)10-7-8-10/h10H,6-9,13H2,1-5H3. The fraction of sp³-hybridized carbons (Fsp3) is 1.00. The molecule has 0 radical (unpaired) electrons. The lowest BCUT2D eigenvalue weighted by Crippen LogP contribution is -2.54. The Hall–Kier alpha value is -0.0800. The Kier molecular flexibility index (Phi) is 3.27. The van der Waals surface area contributed by atoms with Crippen molar-refractivity contribution >= 4 is 0 Å². The first-order valence-corrected chi connectivity index (χ1v) is 5.80. The van der Waals surface area contributed by atoms with E-state index >= 15 is 0 Å². The van der Waals surface area contributed by atoms with Gasteiger partial charge in [-0.25, -0.2) is 0 Å². The smallest absolute Gasteiger partial charge is 0.0283 e. The van der Waals surface area contributed by atoms with Crippen LogP contribution in [0.1, 0.15) is 47.0 Å². The SMILES string of the molecule is CCC(C)(C)N(C)CC(C)(N)C1CC1. The number of hydrogen-bond donors (Lipinski definition) is 1. The van der Waals surface area contributed by atoms with Crippen LogP contribution in [0.4, 0.5) is 0 Å². The molecule has 1 fully saturated rings. The van der Waals surface area contributed by atoms with Gasteiger partial charge in [-0.15, -0.1) is 0 Å². The maximum atomic E-state index is 6.33. The van der Waals surface area contributed by atoms with Crippen molar-refractivity contribution in [3.63, 3.8) is 0 Å². The third-order valence-electron chi connectivity index (χ3n) is 3.99. The van der Waals surface area contributed by atoms with Gasteiger partial charge in [0.15, 0.2) is 0 Å². The lowest BCUT2D eigenvalue weighted by atomic mass is 9.92. The molecule has 0 amide bonds. The second kappa shape index (κ2) is 3.82. The molecule has 1 aliphatic rings. The fourth-order valence-corrected chi connectivity index (χ4v) is 1.87. The molecule has 1 saturated carbocycles. The Bertz CT molecular complexity index is 192. The molecule has 2 N–H and O–H groups in total. The second-order valence-corrected chi connectivity index (χ2v) is 5.80. The van der Waals surface area contributed by atoms with Crippen LogP contribution in [-0.4, -0.2) is 29.6 Å². The first kappa shape index (κ1) is 12.0. The number of hydrogen-bond acceptors (Lipinski definition) is 2. The lowest BCUT2D eigenvalue weighted by molar-refractivity contribution is 0.114. The van der Waals surface area contributed by atoms with E-state index in [2.05, 4.69) is 39.6 Å². The second-order valence-electron chi connectivity index (χ2n) is 5.80. The van der Waals surface area contributed by atoms with Crippen molar-refractivity contribution in [1.82, 2.24) is 4.90 Å². The monoisotopic (exact) mass is 198 g/mol. The Labute approximate surface area is 88.8 Å². The summed E-state index contributed by atoms with van der Waals surface area (Å²) >= 11 is 0. The van der Waals surface area contributed by atoms with Crippen LogP contribution in [-0.2, 0) is 0 Å². The number of nitrogens with zero attached hydrogens (tertiary/aromatic N) is 1. The molecule has 14 heavy (non-hydrogen) atoms. The van der Waals surface area contributed by atoms with Gasteiger partial charge in [-0.1, -0.05) is 6.92 Å². The molecule has 84 valence electrons. The van der Waals surface area contributed by atoms with Crippen LogP contribution in [0.2, 0.25) is 0 Å². The average Bonchev–Trinajstić information content (AvgIpc) is 2.85. The van der Waals surface area contributed by atoms with E-state index in [9.17, 15) is 0 Å². The summed E-state index contributed by atoms with van der Waals surface area (Å²) in [6.07, 6.45) is 3.82. The van der Waals surface area contributed by atoms with Crippen molar-refractivity contribution in [2.75, 3.05) is 13.6 Å². The minimum atomic E-state index is 0.0151. The van der Waals surface area contributed by atoms with E-state index in [0.29, 0.717) is 0 Å². The van der Waals surface area contributed by atoms with Gasteiger partial charge in [0.05, 0.1) is 0 Å². The first-order chi connectivity index (χ1) is 6.29. The van der Waals surface area contributed by atoms with Crippen LogP contribution < -0.4 is 5.73 Å². The van der Waals surface area contributed by atoms with Gasteiger partial charge < -0.3 is 5.73 Å². The highest BCUT2D eigenvalue weighted by atomic mass is 15.2. The molecule has 0 aromatic rings. The minimum Gasteiger partial charge on any atom is -0.324 e. The zero-order valence-electron chi connectivity index (χ0n) is 10.4. The molecule has 1 aliphatic carbocycles. The van der Waals surface area contributed by atoms with Crippen molar-refractivity contribution in [3.05, 3.63) is 0 Å². The van der Waals surface area contributed by atoms with Gasteiger partial charge in [0.1, 0.15) is 0 Å². The quantitative estimate of drug-likeness (QED) is 0.734. The summed E-state index contributed by atoms with van der Waals surface area (Å²) in [7, 11) is 2.19. The molecule has 1 atom stereocenters. The summed E-state index contributed by atoms with van der Waals surface area (Å²) < 4.78 is 0. The van der Waals surface area contributed by atoms with Crippen LogP contribution in [0, 0.1) is 5.92 Å². The Morgan fingerprint density at radius 2 is 1.79 bits per heavy atom. The lowest BCUT2D eigenvalue weighted by Gasteiger charge is -2.40. The van der Waals surface area contributed by atoms with Crippen LogP contribution in [0.3, 0.4) is 0 Å². The highest BCUT2D eigenvalue weighted by Gasteiger charge is 2.40. The molecular weight excluding hydrogens is 172 g/mol. The summed E-state index contributed by atoms with van der Waals surface area (Å²) in [5.74, 6) is 0.762. The Morgan fingerprint density at radius 3 is 2.14 bits per heavy atom. The Balaban J connectivity index is 2.50. The third-order valence-corrected chi connectivity index (χ3v) is 3.99. The molecule has 0 spiro atoms. The van der Waals surface area contributed by atoms with Gasteiger partial charge in [0.2, 0.25) is 0 Å². The highest BCUT2D eigenvalue weighted by molar-refractivity contribution is 4.98. The van der Waals surface area contributed by atoms with Gasteiger partial charge in [-0.3, -0.25) is 4.90 Å². The summed E-state index contributed by atoms with van der Waals surface area (Å²) in [6, 6.07) is 0. The fourth-order valence-electron chi connectivity index (χ4n) is 1.87. The third kappa shape index (κ3) is 2.71. The molecule has 2 heteroatoms. The average molecular weight is 198 g/mol. The number of rotatable bonds is 5. The van der Waals surface area contributed by atoms with Crippen molar-refractivity contribution < 1.29 is 0 Å². The molecule has 1 rings (SSSR count). The molecule has 1 unspecified atom stereocenters. The van der Waals surface area contributed by atoms with Crippen molar-refractivity contribution in [2.24, 2.45) is 11.7 Å². The largest absolute Gasteiger partial charge is 0.324 e. The molecule has 0 bridgehead atoms. The maximum absolute atomic E-state index is 6.33. The van der Waals surface area contributed by atoms with Crippen LogP contribution in [0.5, 0.6) is 0 Å². The van der Waals surface area contributed by atoms with Gasteiger partial charge >= 0.3 is 0 Å². The summed E-state index contributed by atoms with van der Waals surface area (Å²) in [5, 5.41) is 0. The normalized spacial score (nSPS) is 22.5. The molecule has 0 heterocycles. The topological polar surface area (TPSA) is 29.3 Å². The van der Waals surface area contributed by atoms with E-state index in [1.54, 1.807) is 0 Å². The molecule has 0 aromatic heterocycles. The Morgan fingerprint density at radius 1 is 1.29 bits per heavy atom. The van der Waals surface area contributed by atoms with Crippen molar-refractivity contribution in [1.29, 1.82) is 0 Å². The maximum Gasteiger partial charge on any atom is 0.0283 e. The molecule has 2 nitrogen and oxygen atoms in total. The van der Waals surface area contributed by atoms with Crippen LogP contribution in [0.25, 0.3) is 0 Å². The number of nitrogens with two attached hydrogens (primary N) is 1. The van der Waals surface area contributed by atoms with Crippen LogP contribution >= 0.6 is 0 Å². The first-order valence-electron chi connectivity index (χ1n) is 5.80. The summed E-state index contributed by atoms with van der Waals surface area (Å²) in [5.41, 5.74) is 6.62.